The minimum atomic E-state index is -0.0772. The van der Waals surface area contributed by atoms with Crippen LogP contribution in [0.3, 0.4) is 0 Å². The highest BCUT2D eigenvalue weighted by Crippen LogP contribution is 2.22. The third kappa shape index (κ3) is 3.34. The summed E-state index contributed by atoms with van der Waals surface area (Å²) in [4.78, 5) is 14.5. The maximum absolute atomic E-state index is 12.2. The molecule has 1 N–H and O–H groups in total. The molecule has 0 aliphatic carbocycles. The summed E-state index contributed by atoms with van der Waals surface area (Å²) in [5, 5.41) is 2.97. The van der Waals surface area contributed by atoms with Crippen molar-refractivity contribution in [3.05, 3.63) is 63.6 Å². The van der Waals surface area contributed by atoms with Crippen molar-refractivity contribution in [3.8, 4) is 0 Å². The Morgan fingerprint density at radius 2 is 1.90 bits per heavy atom. The van der Waals surface area contributed by atoms with E-state index < -0.39 is 0 Å². The maximum Gasteiger partial charge on any atom is 0.255 e. The lowest BCUT2D eigenvalue weighted by atomic mass is 9.99. The Morgan fingerprint density at radius 3 is 2.67 bits per heavy atom. The van der Waals surface area contributed by atoms with E-state index >= 15 is 0 Å². The van der Waals surface area contributed by atoms with Crippen LogP contribution in [0.5, 0.6) is 0 Å². The number of nitrogens with one attached hydrogen (secondary N) is 1. The SMILES string of the molecule is CN1CCc2ccc(NC(=O)c3ccc(Br)cc3)cc2C1. The fourth-order valence-corrected chi connectivity index (χ4v) is 2.84. The van der Waals surface area contributed by atoms with Gasteiger partial charge in [0.1, 0.15) is 0 Å². The molecule has 3 rings (SSSR count). The number of nitrogens with zero attached hydrogens (tertiary/aromatic N) is 1. The Kier molecular flexibility index (Phi) is 4.08. The molecule has 108 valence electrons. The molecule has 4 heteroatoms. The van der Waals surface area contributed by atoms with E-state index in [0.717, 1.165) is 29.7 Å². The zero-order valence-corrected chi connectivity index (χ0v) is 13.5. The summed E-state index contributed by atoms with van der Waals surface area (Å²) in [6, 6.07) is 13.6. The summed E-state index contributed by atoms with van der Waals surface area (Å²) in [5.74, 6) is -0.0772. The standard InChI is InChI=1S/C17H17BrN2O/c1-20-9-8-12-4-7-16(10-14(12)11-20)19-17(21)13-2-5-15(18)6-3-13/h2-7,10H,8-9,11H2,1H3,(H,19,21). The number of hydrogen-bond acceptors (Lipinski definition) is 2. The van der Waals surface area contributed by atoms with Gasteiger partial charge in [-0.1, -0.05) is 22.0 Å². The Labute approximate surface area is 133 Å². The van der Waals surface area contributed by atoms with Gasteiger partial charge in [0.25, 0.3) is 5.91 Å². The van der Waals surface area contributed by atoms with E-state index in [1.807, 2.05) is 30.3 Å². The number of halogens is 1. The van der Waals surface area contributed by atoms with E-state index in [9.17, 15) is 4.79 Å². The van der Waals surface area contributed by atoms with Crippen molar-refractivity contribution < 1.29 is 4.79 Å². The van der Waals surface area contributed by atoms with Crippen molar-refractivity contribution in [3.63, 3.8) is 0 Å². The van der Waals surface area contributed by atoms with E-state index in [0.29, 0.717) is 5.56 Å². The smallest absolute Gasteiger partial charge is 0.255 e. The second-order valence-corrected chi connectivity index (χ2v) is 6.35. The van der Waals surface area contributed by atoms with Gasteiger partial charge in [0.05, 0.1) is 0 Å². The minimum absolute atomic E-state index is 0.0772. The van der Waals surface area contributed by atoms with Crippen molar-refractivity contribution in [2.45, 2.75) is 13.0 Å². The van der Waals surface area contributed by atoms with Crippen LogP contribution in [-0.2, 0) is 13.0 Å². The highest BCUT2D eigenvalue weighted by atomic mass is 79.9. The molecule has 2 aromatic rings. The largest absolute Gasteiger partial charge is 0.322 e. The molecule has 0 saturated heterocycles. The molecular formula is C17H17BrN2O. The molecule has 1 amide bonds. The number of hydrogen-bond donors (Lipinski definition) is 1. The quantitative estimate of drug-likeness (QED) is 0.900. The van der Waals surface area contributed by atoms with Crippen LogP contribution in [0.15, 0.2) is 46.9 Å². The summed E-state index contributed by atoms with van der Waals surface area (Å²) in [6.45, 7) is 2.04. The van der Waals surface area contributed by atoms with Crippen LogP contribution in [0.4, 0.5) is 5.69 Å². The monoisotopic (exact) mass is 344 g/mol. The minimum Gasteiger partial charge on any atom is -0.322 e. The third-order valence-electron chi connectivity index (χ3n) is 3.77. The lowest BCUT2D eigenvalue weighted by Crippen LogP contribution is -2.26. The summed E-state index contributed by atoms with van der Waals surface area (Å²) in [6.07, 6.45) is 1.08. The normalized spacial score (nSPS) is 14.6. The number of amides is 1. The van der Waals surface area contributed by atoms with E-state index in [-0.39, 0.29) is 5.91 Å². The van der Waals surface area contributed by atoms with Gasteiger partial charge in [0.15, 0.2) is 0 Å². The summed E-state index contributed by atoms with van der Waals surface area (Å²) < 4.78 is 0.968. The molecule has 0 bridgehead atoms. The molecule has 0 saturated carbocycles. The number of rotatable bonds is 2. The zero-order valence-electron chi connectivity index (χ0n) is 11.9. The number of benzene rings is 2. The first-order valence-electron chi connectivity index (χ1n) is 6.99. The average Bonchev–Trinajstić information content (AvgIpc) is 2.47. The van der Waals surface area contributed by atoms with E-state index in [2.05, 4.69) is 45.3 Å². The molecule has 1 aliphatic heterocycles. The predicted octanol–water partition coefficient (Wildman–Crippen LogP) is 3.69. The lowest BCUT2D eigenvalue weighted by molar-refractivity contribution is 0.102. The van der Waals surface area contributed by atoms with Crippen LogP contribution in [0.1, 0.15) is 21.5 Å². The van der Waals surface area contributed by atoms with Gasteiger partial charge in [-0.05, 0) is 61.0 Å². The summed E-state index contributed by atoms with van der Waals surface area (Å²) in [5.41, 5.74) is 4.21. The van der Waals surface area contributed by atoms with Gasteiger partial charge < -0.3 is 10.2 Å². The molecule has 1 heterocycles. The van der Waals surface area contributed by atoms with Gasteiger partial charge in [-0.2, -0.15) is 0 Å². The first-order chi connectivity index (χ1) is 10.1. The fraction of sp³-hybridized carbons (Fsp3) is 0.235. The summed E-state index contributed by atoms with van der Waals surface area (Å²) in [7, 11) is 2.12. The highest BCUT2D eigenvalue weighted by Gasteiger charge is 2.14. The Morgan fingerprint density at radius 1 is 1.14 bits per heavy atom. The van der Waals surface area contributed by atoms with Crippen LogP contribution in [0.25, 0.3) is 0 Å². The lowest BCUT2D eigenvalue weighted by Gasteiger charge is -2.25. The number of fused-ring (bicyclic) bond motifs is 1. The van der Waals surface area contributed by atoms with E-state index in [4.69, 9.17) is 0 Å². The van der Waals surface area contributed by atoms with Gasteiger partial charge in [0, 0.05) is 28.8 Å². The second kappa shape index (κ2) is 6.00. The van der Waals surface area contributed by atoms with Gasteiger partial charge in [-0.25, -0.2) is 0 Å². The Bertz CT molecular complexity index is 667. The molecule has 21 heavy (non-hydrogen) atoms. The van der Waals surface area contributed by atoms with Crippen LogP contribution >= 0.6 is 15.9 Å². The van der Waals surface area contributed by atoms with Crippen molar-refractivity contribution in [1.29, 1.82) is 0 Å². The number of carbonyl (C=O) groups excluding carboxylic acids is 1. The Hall–Kier alpha value is -1.65. The zero-order chi connectivity index (χ0) is 14.8. The first-order valence-corrected chi connectivity index (χ1v) is 7.78. The van der Waals surface area contributed by atoms with Crippen molar-refractivity contribution in [2.75, 3.05) is 18.9 Å². The van der Waals surface area contributed by atoms with Gasteiger partial charge in [0.2, 0.25) is 0 Å². The molecule has 1 aliphatic rings. The van der Waals surface area contributed by atoms with Crippen LogP contribution in [0, 0.1) is 0 Å². The molecule has 0 spiro atoms. The molecule has 0 unspecified atom stereocenters. The first kappa shape index (κ1) is 14.3. The number of likely N-dealkylation sites (N-methyl/N-ethyl adjacent to an activating group) is 1. The predicted molar refractivity (Wildman–Crippen MR) is 88.6 cm³/mol. The van der Waals surface area contributed by atoms with Gasteiger partial charge >= 0.3 is 0 Å². The molecule has 3 nitrogen and oxygen atoms in total. The molecular weight excluding hydrogens is 328 g/mol. The van der Waals surface area contributed by atoms with E-state index in [1.165, 1.54) is 11.1 Å². The molecule has 0 atom stereocenters. The van der Waals surface area contributed by atoms with Crippen molar-refractivity contribution in [1.82, 2.24) is 4.90 Å². The molecule has 0 aromatic heterocycles. The van der Waals surface area contributed by atoms with Gasteiger partial charge in [-0.15, -0.1) is 0 Å². The average molecular weight is 345 g/mol. The maximum atomic E-state index is 12.2. The molecule has 0 radical (unpaired) electrons. The fourth-order valence-electron chi connectivity index (χ4n) is 2.58. The van der Waals surface area contributed by atoms with Crippen LogP contribution < -0.4 is 5.32 Å². The van der Waals surface area contributed by atoms with E-state index in [1.54, 1.807) is 0 Å². The third-order valence-corrected chi connectivity index (χ3v) is 4.30. The number of carbonyl (C=O) groups is 1. The molecule has 0 fully saturated rings. The second-order valence-electron chi connectivity index (χ2n) is 5.43. The summed E-state index contributed by atoms with van der Waals surface area (Å²) >= 11 is 3.37. The van der Waals surface area contributed by atoms with Gasteiger partial charge in [-0.3, -0.25) is 4.79 Å². The molecule has 2 aromatic carbocycles. The number of anilines is 1. The Balaban J connectivity index is 1.77. The van der Waals surface area contributed by atoms with Crippen molar-refractivity contribution >= 4 is 27.5 Å². The van der Waals surface area contributed by atoms with Crippen LogP contribution in [0.2, 0.25) is 0 Å². The van der Waals surface area contributed by atoms with Crippen LogP contribution in [-0.4, -0.2) is 24.4 Å². The highest BCUT2D eigenvalue weighted by molar-refractivity contribution is 9.10. The topological polar surface area (TPSA) is 32.3 Å². The van der Waals surface area contributed by atoms with Crippen molar-refractivity contribution in [2.24, 2.45) is 0 Å².